The Labute approximate surface area is 121 Å². The average Bonchev–Trinajstić information content (AvgIpc) is 2.48. The molecule has 0 heterocycles. The van der Waals surface area contributed by atoms with Gasteiger partial charge in [0.1, 0.15) is 0 Å². The van der Waals surface area contributed by atoms with Gasteiger partial charge in [-0.25, -0.2) is 4.79 Å². The summed E-state index contributed by atoms with van der Waals surface area (Å²) in [6, 6.07) is 7.13. The van der Waals surface area contributed by atoms with E-state index in [1.165, 1.54) is 32.1 Å². The third kappa shape index (κ3) is 4.34. The Kier molecular flexibility index (Phi) is 5.60. The van der Waals surface area contributed by atoms with Crippen LogP contribution in [0.4, 0.5) is 0 Å². The molecule has 0 atom stereocenters. The normalized spacial score (nSPS) is 22.6. The molecule has 2 rings (SSSR count). The zero-order valence-corrected chi connectivity index (χ0v) is 12.3. The Morgan fingerprint density at radius 1 is 1.15 bits per heavy atom. The highest BCUT2D eigenvalue weighted by Crippen LogP contribution is 2.30. The second kappa shape index (κ2) is 7.44. The van der Waals surface area contributed by atoms with E-state index in [4.69, 9.17) is 5.11 Å². The Hall–Kier alpha value is -1.35. The van der Waals surface area contributed by atoms with E-state index in [0.29, 0.717) is 5.56 Å². The predicted octanol–water partition coefficient (Wildman–Crippen LogP) is 3.69. The van der Waals surface area contributed by atoms with Gasteiger partial charge in [0.25, 0.3) is 0 Å². The third-order valence-electron chi connectivity index (χ3n) is 4.51. The molecular weight excluding hydrogens is 250 g/mol. The molecule has 3 nitrogen and oxygen atoms in total. The summed E-state index contributed by atoms with van der Waals surface area (Å²) in [5, 5.41) is 12.4. The quantitative estimate of drug-likeness (QED) is 0.832. The Balaban J connectivity index is 1.69. The van der Waals surface area contributed by atoms with Crippen LogP contribution in [0, 0.1) is 11.8 Å². The summed E-state index contributed by atoms with van der Waals surface area (Å²) in [7, 11) is 0. The van der Waals surface area contributed by atoms with Crippen LogP contribution in [0.25, 0.3) is 0 Å². The number of carboxylic acids is 1. The Bertz CT molecular complexity index is 419. The van der Waals surface area contributed by atoms with Crippen LogP contribution in [-0.4, -0.2) is 17.6 Å². The van der Waals surface area contributed by atoms with Crippen molar-refractivity contribution in [2.24, 2.45) is 11.8 Å². The van der Waals surface area contributed by atoms with Crippen molar-refractivity contribution in [3.05, 3.63) is 35.4 Å². The number of carboxylic acid groups (broad SMARTS) is 1. The largest absolute Gasteiger partial charge is 0.478 e. The number of benzene rings is 1. The maximum absolute atomic E-state index is 10.8. The van der Waals surface area contributed by atoms with Crippen molar-refractivity contribution in [3.63, 3.8) is 0 Å². The van der Waals surface area contributed by atoms with Gasteiger partial charge in [-0.3, -0.25) is 0 Å². The minimum Gasteiger partial charge on any atom is -0.478 e. The van der Waals surface area contributed by atoms with Crippen molar-refractivity contribution in [1.29, 1.82) is 0 Å². The zero-order chi connectivity index (χ0) is 14.4. The van der Waals surface area contributed by atoms with Gasteiger partial charge in [-0.05, 0) is 48.9 Å². The molecule has 0 radical (unpaired) electrons. The monoisotopic (exact) mass is 275 g/mol. The van der Waals surface area contributed by atoms with Gasteiger partial charge < -0.3 is 10.4 Å². The van der Waals surface area contributed by atoms with Gasteiger partial charge in [-0.2, -0.15) is 0 Å². The van der Waals surface area contributed by atoms with Crippen molar-refractivity contribution >= 4 is 5.97 Å². The van der Waals surface area contributed by atoms with Crippen LogP contribution in [0.15, 0.2) is 24.3 Å². The first-order valence-corrected chi connectivity index (χ1v) is 7.72. The second-order valence-electron chi connectivity index (χ2n) is 5.93. The number of carbonyl (C=O) groups is 1. The smallest absolute Gasteiger partial charge is 0.335 e. The number of hydrogen-bond acceptors (Lipinski definition) is 2. The van der Waals surface area contributed by atoms with E-state index < -0.39 is 5.97 Å². The fraction of sp³-hybridized carbons (Fsp3) is 0.588. The van der Waals surface area contributed by atoms with E-state index in [-0.39, 0.29) is 0 Å². The van der Waals surface area contributed by atoms with Crippen LogP contribution < -0.4 is 5.32 Å². The molecule has 0 bridgehead atoms. The van der Waals surface area contributed by atoms with Crippen molar-refractivity contribution in [3.8, 4) is 0 Å². The van der Waals surface area contributed by atoms with Crippen LogP contribution >= 0.6 is 0 Å². The molecule has 0 aromatic heterocycles. The van der Waals surface area contributed by atoms with Gasteiger partial charge in [0.05, 0.1) is 5.56 Å². The topological polar surface area (TPSA) is 49.3 Å². The molecule has 0 spiro atoms. The SMILES string of the molecule is CCC1CCC(CNCc2ccc(C(=O)O)cc2)CC1. The summed E-state index contributed by atoms with van der Waals surface area (Å²) in [6.45, 7) is 4.20. The fourth-order valence-corrected chi connectivity index (χ4v) is 3.03. The summed E-state index contributed by atoms with van der Waals surface area (Å²) in [6.07, 6.45) is 6.80. The minimum atomic E-state index is -0.864. The number of hydrogen-bond donors (Lipinski definition) is 2. The molecule has 0 saturated heterocycles. The highest BCUT2D eigenvalue weighted by molar-refractivity contribution is 5.87. The Morgan fingerprint density at radius 3 is 2.30 bits per heavy atom. The highest BCUT2D eigenvalue weighted by atomic mass is 16.4. The van der Waals surface area contributed by atoms with Crippen molar-refractivity contribution in [2.45, 2.75) is 45.6 Å². The van der Waals surface area contributed by atoms with Gasteiger partial charge in [0.2, 0.25) is 0 Å². The molecule has 1 aromatic carbocycles. The van der Waals surface area contributed by atoms with Gasteiger partial charge in [-0.1, -0.05) is 38.3 Å². The van der Waals surface area contributed by atoms with Crippen LogP contribution in [0.1, 0.15) is 54.9 Å². The molecule has 1 aromatic rings. The van der Waals surface area contributed by atoms with Crippen LogP contribution in [0.2, 0.25) is 0 Å². The van der Waals surface area contributed by atoms with E-state index in [2.05, 4.69) is 12.2 Å². The van der Waals surface area contributed by atoms with E-state index in [9.17, 15) is 4.79 Å². The molecule has 3 heteroatoms. The molecule has 0 aliphatic heterocycles. The lowest BCUT2D eigenvalue weighted by molar-refractivity contribution is 0.0697. The molecule has 1 aliphatic rings. The first-order chi connectivity index (χ1) is 9.69. The maximum Gasteiger partial charge on any atom is 0.335 e. The average molecular weight is 275 g/mol. The molecule has 2 N–H and O–H groups in total. The van der Waals surface area contributed by atoms with E-state index in [0.717, 1.165) is 30.5 Å². The molecule has 1 saturated carbocycles. The third-order valence-corrected chi connectivity index (χ3v) is 4.51. The lowest BCUT2D eigenvalue weighted by Gasteiger charge is -2.27. The van der Waals surface area contributed by atoms with Crippen molar-refractivity contribution in [2.75, 3.05) is 6.54 Å². The van der Waals surface area contributed by atoms with Crippen molar-refractivity contribution < 1.29 is 9.90 Å². The first-order valence-electron chi connectivity index (χ1n) is 7.72. The molecule has 1 aliphatic carbocycles. The van der Waals surface area contributed by atoms with Crippen LogP contribution in [-0.2, 0) is 6.54 Å². The minimum absolute atomic E-state index is 0.353. The van der Waals surface area contributed by atoms with Crippen LogP contribution in [0.3, 0.4) is 0 Å². The molecule has 110 valence electrons. The summed E-state index contributed by atoms with van der Waals surface area (Å²) in [5.41, 5.74) is 1.50. The summed E-state index contributed by atoms with van der Waals surface area (Å²) in [5.74, 6) is 0.906. The van der Waals surface area contributed by atoms with Gasteiger partial charge in [-0.15, -0.1) is 0 Å². The number of rotatable bonds is 6. The summed E-state index contributed by atoms with van der Waals surface area (Å²) >= 11 is 0. The van der Waals surface area contributed by atoms with Gasteiger partial charge in [0, 0.05) is 6.54 Å². The lowest BCUT2D eigenvalue weighted by Crippen LogP contribution is -2.26. The van der Waals surface area contributed by atoms with Gasteiger partial charge in [0.15, 0.2) is 0 Å². The first kappa shape index (κ1) is 15.0. The molecular formula is C17H25NO2. The standard InChI is InChI=1S/C17H25NO2/c1-2-13-3-5-14(6-4-13)11-18-12-15-7-9-16(10-8-15)17(19)20/h7-10,13-14,18H,2-6,11-12H2,1H3,(H,19,20). The van der Waals surface area contributed by atoms with E-state index in [1.54, 1.807) is 12.1 Å². The predicted molar refractivity (Wildman–Crippen MR) is 80.8 cm³/mol. The van der Waals surface area contributed by atoms with Crippen molar-refractivity contribution in [1.82, 2.24) is 5.32 Å². The molecule has 1 fully saturated rings. The molecule has 0 unspecified atom stereocenters. The lowest BCUT2D eigenvalue weighted by atomic mass is 9.81. The Morgan fingerprint density at radius 2 is 1.75 bits per heavy atom. The zero-order valence-electron chi connectivity index (χ0n) is 12.3. The highest BCUT2D eigenvalue weighted by Gasteiger charge is 2.19. The fourth-order valence-electron chi connectivity index (χ4n) is 3.03. The molecule has 0 amide bonds. The molecule has 20 heavy (non-hydrogen) atoms. The maximum atomic E-state index is 10.8. The second-order valence-corrected chi connectivity index (χ2v) is 5.93. The number of aromatic carboxylic acids is 1. The van der Waals surface area contributed by atoms with Crippen LogP contribution in [0.5, 0.6) is 0 Å². The summed E-state index contributed by atoms with van der Waals surface area (Å²) in [4.78, 5) is 10.8. The summed E-state index contributed by atoms with van der Waals surface area (Å²) < 4.78 is 0. The van der Waals surface area contributed by atoms with E-state index >= 15 is 0 Å². The van der Waals surface area contributed by atoms with Gasteiger partial charge >= 0.3 is 5.97 Å². The number of nitrogens with one attached hydrogen (secondary N) is 1. The van der Waals surface area contributed by atoms with E-state index in [1.807, 2.05) is 12.1 Å².